The van der Waals surface area contributed by atoms with Crippen molar-refractivity contribution in [2.45, 2.75) is 0 Å². The maximum Gasteiger partial charge on any atom is 0.231 e. The number of fused-ring (bicyclic) bond motifs is 1. The summed E-state index contributed by atoms with van der Waals surface area (Å²) in [6.45, 7) is 3.36. The zero-order chi connectivity index (χ0) is 13.1. The van der Waals surface area contributed by atoms with Crippen LogP contribution in [-0.4, -0.2) is 43.2 Å². The van der Waals surface area contributed by atoms with E-state index in [2.05, 4.69) is 10.7 Å². The normalized spacial score (nSPS) is 18.1. The Kier molecular flexibility index (Phi) is 3.67. The number of morpholine rings is 1. The van der Waals surface area contributed by atoms with E-state index in [0.29, 0.717) is 5.11 Å². The summed E-state index contributed by atoms with van der Waals surface area (Å²) in [7, 11) is 0. The van der Waals surface area contributed by atoms with Gasteiger partial charge in [-0.05, 0) is 24.4 Å². The van der Waals surface area contributed by atoms with Crippen LogP contribution in [0.15, 0.2) is 18.2 Å². The number of hydrazine groups is 1. The lowest BCUT2D eigenvalue weighted by molar-refractivity contribution is 0.0252. The number of anilines is 1. The van der Waals surface area contributed by atoms with Crippen LogP contribution >= 0.6 is 12.2 Å². The van der Waals surface area contributed by atoms with Gasteiger partial charge in [0.2, 0.25) is 6.79 Å². The van der Waals surface area contributed by atoms with Crippen molar-refractivity contribution in [3.8, 4) is 11.5 Å². The van der Waals surface area contributed by atoms with Gasteiger partial charge >= 0.3 is 0 Å². The van der Waals surface area contributed by atoms with Gasteiger partial charge in [-0.3, -0.25) is 5.43 Å². The molecule has 1 fully saturated rings. The van der Waals surface area contributed by atoms with Gasteiger partial charge in [-0.25, -0.2) is 5.01 Å². The molecule has 0 saturated carbocycles. The molecule has 2 aliphatic heterocycles. The van der Waals surface area contributed by atoms with Crippen molar-refractivity contribution < 1.29 is 14.2 Å². The van der Waals surface area contributed by atoms with Crippen LogP contribution in [0, 0.1) is 0 Å². The Balaban J connectivity index is 1.56. The highest BCUT2D eigenvalue weighted by molar-refractivity contribution is 7.80. The quantitative estimate of drug-likeness (QED) is 0.783. The van der Waals surface area contributed by atoms with E-state index in [0.717, 1.165) is 43.5 Å². The fraction of sp³-hybridized carbons (Fsp3) is 0.417. The molecule has 2 aliphatic rings. The molecule has 19 heavy (non-hydrogen) atoms. The summed E-state index contributed by atoms with van der Waals surface area (Å²) in [6.07, 6.45) is 0. The molecule has 0 radical (unpaired) electrons. The monoisotopic (exact) mass is 281 g/mol. The van der Waals surface area contributed by atoms with Crippen LogP contribution in [0.2, 0.25) is 0 Å². The Labute approximate surface area is 116 Å². The van der Waals surface area contributed by atoms with Crippen molar-refractivity contribution in [1.82, 2.24) is 10.4 Å². The van der Waals surface area contributed by atoms with Crippen LogP contribution in [0.4, 0.5) is 5.69 Å². The molecule has 0 aromatic heterocycles. The lowest BCUT2D eigenvalue weighted by atomic mass is 10.3. The second-order valence-corrected chi connectivity index (χ2v) is 4.64. The van der Waals surface area contributed by atoms with Gasteiger partial charge in [0, 0.05) is 24.8 Å². The smallest absolute Gasteiger partial charge is 0.231 e. The summed E-state index contributed by atoms with van der Waals surface area (Å²) in [5.41, 5.74) is 4.01. The highest BCUT2D eigenvalue weighted by Crippen LogP contribution is 2.34. The van der Waals surface area contributed by atoms with Crippen LogP contribution in [-0.2, 0) is 4.74 Å². The van der Waals surface area contributed by atoms with Gasteiger partial charge in [-0.15, -0.1) is 0 Å². The number of rotatable bonds is 2. The van der Waals surface area contributed by atoms with Crippen LogP contribution in [0.25, 0.3) is 0 Å². The third-order valence-corrected chi connectivity index (χ3v) is 3.09. The molecular formula is C12H15N3O3S. The molecule has 1 aromatic rings. The van der Waals surface area contributed by atoms with Gasteiger partial charge in [0.05, 0.1) is 13.2 Å². The van der Waals surface area contributed by atoms with Crippen LogP contribution < -0.4 is 20.2 Å². The standard InChI is InChI=1S/C12H15N3O3S/c19-12(14-15-3-5-16-6-4-15)13-9-1-2-10-11(7-9)18-8-17-10/h1-2,7H,3-6,8H2,(H2,13,14,19). The largest absolute Gasteiger partial charge is 0.454 e. The Hall–Kier alpha value is -1.57. The molecule has 1 saturated heterocycles. The Morgan fingerprint density at radius 3 is 2.79 bits per heavy atom. The number of nitrogens with zero attached hydrogens (tertiary/aromatic N) is 1. The lowest BCUT2D eigenvalue weighted by Crippen LogP contribution is -2.49. The molecule has 2 heterocycles. The first-order chi connectivity index (χ1) is 9.31. The molecule has 1 aromatic carbocycles. The minimum atomic E-state index is 0.273. The Morgan fingerprint density at radius 1 is 1.16 bits per heavy atom. The predicted molar refractivity (Wildman–Crippen MR) is 74.3 cm³/mol. The number of hydrogen-bond acceptors (Lipinski definition) is 5. The summed E-state index contributed by atoms with van der Waals surface area (Å²) >= 11 is 5.27. The minimum Gasteiger partial charge on any atom is -0.454 e. The van der Waals surface area contributed by atoms with Crippen LogP contribution in [0.5, 0.6) is 11.5 Å². The molecule has 0 amide bonds. The van der Waals surface area contributed by atoms with E-state index >= 15 is 0 Å². The summed E-state index contributed by atoms with van der Waals surface area (Å²) in [5.74, 6) is 1.50. The minimum absolute atomic E-state index is 0.273. The fourth-order valence-corrected chi connectivity index (χ4v) is 2.20. The molecule has 2 N–H and O–H groups in total. The zero-order valence-corrected chi connectivity index (χ0v) is 11.2. The molecular weight excluding hydrogens is 266 g/mol. The van der Waals surface area contributed by atoms with E-state index in [1.165, 1.54) is 0 Å². The maximum atomic E-state index is 5.32. The van der Waals surface area contributed by atoms with Gasteiger partial charge in [-0.2, -0.15) is 0 Å². The van der Waals surface area contributed by atoms with Gasteiger partial charge < -0.3 is 19.5 Å². The highest BCUT2D eigenvalue weighted by atomic mass is 32.1. The van der Waals surface area contributed by atoms with Crippen molar-refractivity contribution in [3.63, 3.8) is 0 Å². The molecule has 0 unspecified atom stereocenters. The van der Waals surface area contributed by atoms with Crippen LogP contribution in [0.3, 0.4) is 0 Å². The van der Waals surface area contributed by atoms with Gasteiger partial charge in [0.25, 0.3) is 0 Å². The van der Waals surface area contributed by atoms with Gasteiger partial charge in [0.1, 0.15) is 0 Å². The number of nitrogens with one attached hydrogen (secondary N) is 2. The number of hydrogen-bond donors (Lipinski definition) is 2. The SMILES string of the molecule is S=C(Nc1ccc2c(c1)OCO2)NN1CCOCC1. The number of thiocarbonyl (C=S) groups is 1. The van der Waals surface area contributed by atoms with Crippen molar-refractivity contribution in [2.75, 3.05) is 38.4 Å². The summed E-state index contributed by atoms with van der Waals surface area (Å²) in [4.78, 5) is 0. The average molecular weight is 281 g/mol. The molecule has 0 aliphatic carbocycles. The van der Waals surface area contributed by atoms with Gasteiger partial charge in [0.15, 0.2) is 16.6 Å². The molecule has 102 valence electrons. The van der Waals surface area contributed by atoms with E-state index in [9.17, 15) is 0 Å². The van der Waals surface area contributed by atoms with Crippen molar-refractivity contribution in [2.24, 2.45) is 0 Å². The van der Waals surface area contributed by atoms with E-state index in [1.54, 1.807) is 0 Å². The number of ether oxygens (including phenoxy) is 3. The Bertz CT molecular complexity index is 477. The summed E-state index contributed by atoms with van der Waals surface area (Å²) < 4.78 is 15.9. The third kappa shape index (κ3) is 3.06. The maximum absolute atomic E-state index is 5.32. The van der Waals surface area contributed by atoms with Crippen molar-refractivity contribution in [1.29, 1.82) is 0 Å². The molecule has 0 atom stereocenters. The molecule has 0 bridgehead atoms. The Morgan fingerprint density at radius 2 is 1.95 bits per heavy atom. The topological polar surface area (TPSA) is 55.0 Å². The summed E-state index contributed by atoms with van der Waals surface area (Å²) in [5, 5.41) is 5.71. The first kappa shape index (κ1) is 12.5. The highest BCUT2D eigenvalue weighted by Gasteiger charge is 2.14. The zero-order valence-electron chi connectivity index (χ0n) is 10.3. The van der Waals surface area contributed by atoms with Crippen molar-refractivity contribution in [3.05, 3.63) is 18.2 Å². The van der Waals surface area contributed by atoms with E-state index < -0.39 is 0 Å². The first-order valence-electron chi connectivity index (χ1n) is 6.11. The molecule has 0 spiro atoms. The average Bonchev–Trinajstić information content (AvgIpc) is 2.87. The van der Waals surface area contributed by atoms with Gasteiger partial charge in [-0.1, -0.05) is 0 Å². The molecule has 3 rings (SSSR count). The van der Waals surface area contributed by atoms with E-state index in [1.807, 2.05) is 23.2 Å². The second kappa shape index (κ2) is 5.60. The van der Waals surface area contributed by atoms with E-state index in [4.69, 9.17) is 26.4 Å². The lowest BCUT2D eigenvalue weighted by Gasteiger charge is -2.28. The third-order valence-electron chi connectivity index (χ3n) is 2.90. The fourth-order valence-electron chi connectivity index (χ4n) is 1.95. The number of benzene rings is 1. The van der Waals surface area contributed by atoms with Crippen LogP contribution in [0.1, 0.15) is 0 Å². The van der Waals surface area contributed by atoms with Crippen molar-refractivity contribution >= 4 is 23.0 Å². The predicted octanol–water partition coefficient (Wildman–Crippen LogP) is 0.949. The molecule has 7 heteroatoms. The summed E-state index contributed by atoms with van der Waals surface area (Å²) in [6, 6.07) is 5.64. The first-order valence-corrected chi connectivity index (χ1v) is 6.52. The van der Waals surface area contributed by atoms with E-state index in [-0.39, 0.29) is 6.79 Å². The molecule has 6 nitrogen and oxygen atoms in total. The second-order valence-electron chi connectivity index (χ2n) is 4.23.